The Kier molecular flexibility index (Phi) is 3.71. The van der Waals surface area contributed by atoms with E-state index in [-0.39, 0.29) is 0 Å². The average molecular weight is 308 g/mol. The topological polar surface area (TPSA) is 61.7 Å². The van der Waals surface area contributed by atoms with Crippen molar-refractivity contribution in [3.63, 3.8) is 0 Å². The summed E-state index contributed by atoms with van der Waals surface area (Å²) >= 11 is 5.91. The predicted molar refractivity (Wildman–Crippen MR) is 80.6 cm³/mol. The van der Waals surface area contributed by atoms with E-state index in [1.54, 1.807) is 0 Å². The van der Waals surface area contributed by atoms with E-state index in [1.807, 2.05) is 24.7 Å². The van der Waals surface area contributed by atoms with Crippen LogP contribution in [-0.2, 0) is 26.4 Å². The van der Waals surface area contributed by atoms with Crippen LogP contribution in [0.25, 0.3) is 11.2 Å². The fraction of sp³-hybridized carbons (Fsp3) is 0.500. The SMILES string of the molecule is CCc1nn(C)c2c1nc(CCCl)n2Cc1cc(C)no1. The van der Waals surface area contributed by atoms with Crippen LogP contribution >= 0.6 is 11.6 Å². The molecule has 0 aliphatic carbocycles. The molecule has 0 aliphatic rings. The first kappa shape index (κ1) is 14.1. The Morgan fingerprint density at radius 3 is 2.81 bits per heavy atom. The zero-order valence-corrected chi connectivity index (χ0v) is 13.2. The molecule has 0 fully saturated rings. The van der Waals surface area contributed by atoms with Gasteiger partial charge in [0.25, 0.3) is 0 Å². The number of fused-ring (bicyclic) bond motifs is 1. The number of nitrogens with zero attached hydrogens (tertiary/aromatic N) is 5. The molecule has 3 aromatic heterocycles. The number of rotatable bonds is 5. The van der Waals surface area contributed by atoms with Crippen LogP contribution in [0, 0.1) is 6.92 Å². The molecule has 0 aliphatic heterocycles. The highest BCUT2D eigenvalue weighted by molar-refractivity contribution is 6.17. The van der Waals surface area contributed by atoms with E-state index in [9.17, 15) is 0 Å². The summed E-state index contributed by atoms with van der Waals surface area (Å²) in [6.07, 6.45) is 1.57. The summed E-state index contributed by atoms with van der Waals surface area (Å²) in [5.41, 5.74) is 3.84. The van der Waals surface area contributed by atoms with Crippen molar-refractivity contribution in [1.29, 1.82) is 0 Å². The van der Waals surface area contributed by atoms with Gasteiger partial charge in [0.2, 0.25) is 0 Å². The molecule has 112 valence electrons. The van der Waals surface area contributed by atoms with E-state index in [2.05, 4.69) is 21.7 Å². The molecule has 6 nitrogen and oxygen atoms in total. The minimum Gasteiger partial charge on any atom is -0.359 e. The number of imidazole rings is 1. The van der Waals surface area contributed by atoms with E-state index in [4.69, 9.17) is 21.1 Å². The molecule has 0 saturated carbocycles. The second-order valence-corrected chi connectivity index (χ2v) is 5.46. The van der Waals surface area contributed by atoms with Crippen molar-refractivity contribution in [2.24, 2.45) is 7.05 Å². The van der Waals surface area contributed by atoms with Crippen LogP contribution in [0.5, 0.6) is 0 Å². The quantitative estimate of drug-likeness (QED) is 0.679. The van der Waals surface area contributed by atoms with Gasteiger partial charge in [-0.3, -0.25) is 4.68 Å². The predicted octanol–water partition coefficient (Wildman–Crippen LogP) is 2.46. The summed E-state index contributed by atoms with van der Waals surface area (Å²) in [5, 5.41) is 8.47. The molecular formula is C14H18ClN5O. The van der Waals surface area contributed by atoms with Gasteiger partial charge in [-0.2, -0.15) is 5.10 Å². The maximum atomic E-state index is 5.91. The van der Waals surface area contributed by atoms with E-state index >= 15 is 0 Å². The van der Waals surface area contributed by atoms with Crippen molar-refractivity contribution in [2.75, 3.05) is 5.88 Å². The lowest BCUT2D eigenvalue weighted by Gasteiger charge is -2.06. The van der Waals surface area contributed by atoms with Gasteiger partial charge in [-0.1, -0.05) is 12.1 Å². The van der Waals surface area contributed by atoms with Gasteiger partial charge in [-0.25, -0.2) is 4.98 Å². The Bertz CT molecular complexity index is 770. The normalized spacial score (nSPS) is 11.6. The first-order valence-corrected chi connectivity index (χ1v) is 7.56. The molecule has 21 heavy (non-hydrogen) atoms. The van der Waals surface area contributed by atoms with Crippen molar-refractivity contribution in [3.05, 3.63) is 29.0 Å². The molecule has 0 amide bonds. The minimum absolute atomic E-state index is 0.535. The van der Waals surface area contributed by atoms with Crippen molar-refractivity contribution in [3.8, 4) is 0 Å². The Balaban J connectivity index is 2.13. The van der Waals surface area contributed by atoms with Crippen LogP contribution in [-0.4, -0.2) is 30.4 Å². The maximum absolute atomic E-state index is 5.91. The standard InChI is InChI=1S/C14H18ClN5O/c1-4-11-13-14(19(3)17-11)20(12(16-13)5-6-15)8-10-7-9(2)18-21-10/h7H,4-6,8H2,1-3H3. The van der Waals surface area contributed by atoms with Gasteiger partial charge in [-0.05, 0) is 13.3 Å². The third kappa shape index (κ3) is 2.44. The second-order valence-electron chi connectivity index (χ2n) is 5.08. The number of hydrogen-bond donors (Lipinski definition) is 0. The zero-order valence-electron chi connectivity index (χ0n) is 12.4. The molecule has 0 bridgehead atoms. The highest BCUT2D eigenvalue weighted by Crippen LogP contribution is 2.22. The average Bonchev–Trinajstić information content (AvgIpc) is 3.09. The molecule has 3 heterocycles. The van der Waals surface area contributed by atoms with Crippen LogP contribution in [0.4, 0.5) is 0 Å². The van der Waals surface area contributed by atoms with Gasteiger partial charge >= 0.3 is 0 Å². The summed E-state index contributed by atoms with van der Waals surface area (Å²) in [7, 11) is 1.94. The van der Waals surface area contributed by atoms with Crippen molar-refractivity contribution >= 4 is 22.8 Å². The Morgan fingerprint density at radius 1 is 1.38 bits per heavy atom. The van der Waals surface area contributed by atoms with Crippen LogP contribution in [0.2, 0.25) is 0 Å². The number of aromatic nitrogens is 5. The van der Waals surface area contributed by atoms with Gasteiger partial charge < -0.3 is 9.09 Å². The number of halogens is 1. The number of hydrogen-bond acceptors (Lipinski definition) is 4. The molecule has 3 aromatic rings. The van der Waals surface area contributed by atoms with Crippen molar-refractivity contribution in [1.82, 2.24) is 24.5 Å². The van der Waals surface area contributed by atoms with Crippen LogP contribution in [0.15, 0.2) is 10.6 Å². The molecule has 0 atom stereocenters. The number of aryl methyl sites for hydroxylation is 4. The van der Waals surface area contributed by atoms with Crippen molar-refractivity contribution in [2.45, 2.75) is 33.2 Å². The second kappa shape index (κ2) is 5.52. The summed E-state index contributed by atoms with van der Waals surface area (Å²) in [6.45, 7) is 4.59. The maximum Gasteiger partial charge on any atom is 0.159 e. The van der Waals surface area contributed by atoms with E-state index in [1.165, 1.54) is 0 Å². The minimum atomic E-state index is 0.535. The Hall–Kier alpha value is -1.82. The summed E-state index contributed by atoms with van der Waals surface area (Å²) < 4.78 is 9.32. The third-order valence-corrected chi connectivity index (χ3v) is 3.70. The molecule has 0 radical (unpaired) electrons. The van der Waals surface area contributed by atoms with E-state index in [0.29, 0.717) is 18.8 Å². The van der Waals surface area contributed by atoms with Gasteiger partial charge in [0.05, 0.1) is 17.9 Å². The fourth-order valence-corrected chi connectivity index (χ4v) is 2.78. The third-order valence-electron chi connectivity index (χ3n) is 3.51. The first-order chi connectivity index (χ1) is 10.1. The van der Waals surface area contributed by atoms with Gasteiger partial charge in [0.1, 0.15) is 11.3 Å². The van der Waals surface area contributed by atoms with Crippen LogP contribution in [0.3, 0.4) is 0 Å². The van der Waals surface area contributed by atoms with E-state index in [0.717, 1.165) is 40.6 Å². The summed E-state index contributed by atoms with van der Waals surface area (Å²) in [6, 6.07) is 1.94. The van der Waals surface area contributed by atoms with Crippen molar-refractivity contribution < 1.29 is 4.52 Å². The lowest BCUT2D eigenvalue weighted by molar-refractivity contribution is 0.372. The first-order valence-electron chi connectivity index (χ1n) is 7.03. The summed E-state index contributed by atoms with van der Waals surface area (Å²) in [5.74, 6) is 2.30. The van der Waals surface area contributed by atoms with Gasteiger partial charge in [0.15, 0.2) is 11.4 Å². The largest absolute Gasteiger partial charge is 0.359 e. The molecule has 0 spiro atoms. The highest BCUT2D eigenvalue weighted by atomic mass is 35.5. The molecule has 0 unspecified atom stereocenters. The smallest absolute Gasteiger partial charge is 0.159 e. The van der Waals surface area contributed by atoms with E-state index < -0.39 is 0 Å². The molecular weight excluding hydrogens is 290 g/mol. The molecule has 7 heteroatoms. The Labute approximate surface area is 127 Å². The molecule has 0 aromatic carbocycles. The zero-order chi connectivity index (χ0) is 15.0. The van der Waals surface area contributed by atoms with Crippen LogP contribution < -0.4 is 0 Å². The lowest BCUT2D eigenvalue weighted by atomic mass is 10.3. The van der Waals surface area contributed by atoms with Crippen LogP contribution in [0.1, 0.15) is 29.9 Å². The lowest BCUT2D eigenvalue weighted by Crippen LogP contribution is -2.09. The monoisotopic (exact) mass is 307 g/mol. The number of alkyl halides is 1. The Morgan fingerprint density at radius 2 is 2.19 bits per heavy atom. The van der Waals surface area contributed by atoms with Gasteiger partial charge in [0, 0.05) is 25.4 Å². The molecule has 0 saturated heterocycles. The van der Waals surface area contributed by atoms with Gasteiger partial charge in [-0.15, -0.1) is 11.6 Å². The molecule has 0 N–H and O–H groups in total. The fourth-order valence-electron chi connectivity index (χ4n) is 2.61. The molecule has 3 rings (SSSR count). The highest BCUT2D eigenvalue weighted by Gasteiger charge is 2.19. The summed E-state index contributed by atoms with van der Waals surface area (Å²) in [4.78, 5) is 4.73.